The average Bonchev–Trinajstić information content (AvgIpc) is 3.58. The lowest BCUT2D eigenvalue weighted by Gasteiger charge is -2.23. The molecule has 2 aromatic rings. The number of carbonyl (C=O) groups is 2. The molecular formula is C30H34Cl2F6N8O2. The summed E-state index contributed by atoms with van der Waals surface area (Å²) in [6.07, 6.45) is -2.62. The smallest absolute Gasteiger partial charge is 0.341 e. The van der Waals surface area contributed by atoms with Gasteiger partial charge in [0, 0.05) is 64.8 Å². The van der Waals surface area contributed by atoms with Gasteiger partial charge in [-0.1, -0.05) is 61.0 Å². The van der Waals surface area contributed by atoms with E-state index in [1.807, 2.05) is 0 Å². The Kier molecular flexibility index (Phi) is 12.9. The van der Waals surface area contributed by atoms with Gasteiger partial charge in [-0.15, -0.1) is 0 Å². The molecule has 0 radical (unpaired) electrons. The van der Waals surface area contributed by atoms with Crippen LogP contribution in [0, 0.1) is 0 Å². The molecule has 18 heteroatoms. The molecule has 0 atom stereocenters. The molecule has 2 aliphatic heterocycles. The Balaban J connectivity index is 1.23. The largest absolute Gasteiger partial charge is 0.473 e. The second kappa shape index (κ2) is 16.6. The molecule has 2 fully saturated rings. The van der Waals surface area contributed by atoms with E-state index < -0.39 is 24.2 Å². The summed E-state index contributed by atoms with van der Waals surface area (Å²) in [6, 6.07) is 6.56. The van der Waals surface area contributed by atoms with E-state index in [9.17, 15) is 35.9 Å². The van der Waals surface area contributed by atoms with Crippen LogP contribution in [0.3, 0.4) is 0 Å². The third-order valence-electron chi connectivity index (χ3n) is 7.73. The van der Waals surface area contributed by atoms with Crippen LogP contribution < -0.4 is 0 Å². The Morgan fingerprint density at radius 1 is 0.604 bits per heavy atom. The third-order valence-corrected chi connectivity index (χ3v) is 8.18. The van der Waals surface area contributed by atoms with E-state index >= 15 is 0 Å². The molecule has 2 aromatic heterocycles. The van der Waals surface area contributed by atoms with Gasteiger partial charge in [0.2, 0.25) is 11.9 Å². The predicted octanol–water partition coefficient (Wildman–Crippen LogP) is 5.95. The highest BCUT2D eigenvalue weighted by Gasteiger charge is 2.41. The van der Waals surface area contributed by atoms with E-state index in [0.717, 1.165) is 25.7 Å². The van der Waals surface area contributed by atoms with Crippen LogP contribution in [0.2, 0.25) is 10.3 Å². The zero-order chi connectivity index (χ0) is 34.9. The average molecular weight is 724 g/mol. The van der Waals surface area contributed by atoms with Crippen LogP contribution in [0.4, 0.5) is 26.3 Å². The molecule has 4 heterocycles. The Labute approximate surface area is 283 Å². The van der Waals surface area contributed by atoms with Gasteiger partial charge in [0.15, 0.2) is 0 Å². The van der Waals surface area contributed by atoms with Gasteiger partial charge < -0.3 is 19.6 Å². The minimum absolute atomic E-state index is 0.0271. The van der Waals surface area contributed by atoms with Crippen molar-refractivity contribution in [2.24, 2.45) is 9.98 Å². The number of hydrogen-bond acceptors (Lipinski definition) is 4. The molecule has 2 amide bonds. The van der Waals surface area contributed by atoms with Crippen molar-refractivity contribution < 1.29 is 35.9 Å². The summed E-state index contributed by atoms with van der Waals surface area (Å²) in [4.78, 5) is 44.8. The van der Waals surface area contributed by atoms with E-state index in [-0.39, 0.29) is 35.3 Å². The molecule has 4 rings (SSSR count). The third kappa shape index (κ3) is 10.9. The van der Waals surface area contributed by atoms with Gasteiger partial charge in [-0.25, -0.2) is 9.97 Å². The topological polar surface area (TPSA) is 97.6 Å². The quantitative estimate of drug-likeness (QED) is 0.142. The summed E-state index contributed by atoms with van der Waals surface area (Å²) >= 11 is 11.6. The Bertz CT molecular complexity index is 1350. The van der Waals surface area contributed by atoms with E-state index in [1.165, 1.54) is 12.4 Å². The Hall–Kier alpha value is -3.66. The Morgan fingerprint density at radius 2 is 0.958 bits per heavy atom. The van der Waals surface area contributed by atoms with Crippen LogP contribution >= 0.6 is 23.2 Å². The van der Waals surface area contributed by atoms with Gasteiger partial charge in [0.25, 0.3) is 0 Å². The fourth-order valence-electron chi connectivity index (χ4n) is 5.35. The number of carbonyl (C=O) groups excluding carboxylic acids is 2. The fourth-order valence-corrected chi connectivity index (χ4v) is 5.57. The highest BCUT2D eigenvalue weighted by molar-refractivity contribution is 6.29. The van der Waals surface area contributed by atoms with Gasteiger partial charge in [0.05, 0.1) is 0 Å². The lowest BCUT2D eigenvalue weighted by molar-refractivity contribution is -0.169. The molecule has 10 nitrogen and oxygen atoms in total. The second-order valence-electron chi connectivity index (χ2n) is 11.3. The van der Waals surface area contributed by atoms with E-state index in [4.69, 9.17) is 23.2 Å². The highest BCUT2D eigenvalue weighted by atomic mass is 35.5. The zero-order valence-electron chi connectivity index (χ0n) is 25.8. The summed E-state index contributed by atoms with van der Waals surface area (Å²) in [6.45, 7) is 2.86. The number of pyridine rings is 2. The van der Waals surface area contributed by atoms with Crippen molar-refractivity contribution in [3.63, 3.8) is 0 Å². The van der Waals surface area contributed by atoms with Gasteiger partial charge in [0.1, 0.15) is 10.3 Å². The first-order valence-electron chi connectivity index (χ1n) is 15.3. The lowest BCUT2D eigenvalue weighted by atomic mass is 10.1. The summed E-state index contributed by atoms with van der Waals surface area (Å²) in [5, 5.41) is 0.565. The maximum Gasteiger partial charge on any atom is 0.473 e. The number of rotatable bonds is 13. The minimum Gasteiger partial charge on any atom is -0.341 e. The summed E-state index contributed by atoms with van der Waals surface area (Å²) in [5.74, 6) is -4.38. The zero-order valence-corrected chi connectivity index (χ0v) is 27.3. The van der Waals surface area contributed by atoms with Crippen molar-refractivity contribution in [1.82, 2.24) is 29.6 Å². The number of alkyl halides is 6. The molecule has 262 valence electrons. The maximum atomic E-state index is 13.0. The number of hydrogen-bond donors (Lipinski definition) is 0. The number of nitrogens with zero attached hydrogens (tertiary/aromatic N) is 8. The number of halogens is 8. The molecule has 0 bridgehead atoms. The summed E-state index contributed by atoms with van der Waals surface area (Å²) in [5.41, 5.74) is 1.42. The van der Waals surface area contributed by atoms with Crippen molar-refractivity contribution in [2.75, 3.05) is 39.3 Å². The molecule has 2 aliphatic rings. The van der Waals surface area contributed by atoms with Crippen molar-refractivity contribution in [2.45, 2.75) is 64.0 Å². The molecule has 0 unspecified atom stereocenters. The molecule has 48 heavy (non-hydrogen) atoms. The molecule has 2 saturated heterocycles. The predicted molar refractivity (Wildman–Crippen MR) is 167 cm³/mol. The van der Waals surface area contributed by atoms with Gasteiger partial charge in [-0.05, 0) is 36.1 Å². The van der Waals surface area contributed by atoms with Gasteiger partial charge >= 0.3 is 24.2 Å². The first kappa shape index (κ1) is 37.2. The number of unbranched alkanes of at least 4 members (excludes halogenated alkanes) is 5. The first-order valence-corrected chi connectivity index (χ1v) is 16.1. The normalized spacial score (nSPS) is 17.3. The summed E-state index contributed by atoms with van der Waals surface area (Å²) in [7, 11) is 0. The molecule has 0 aliphatic carbocycles. The van der Waals surface area contributed by atoms with Crippen LogP contribution in [0.25, 0.3) is 0 Å². The van der Waals surface area contributed by atoms with E-state index in [1.54, 1.807) is 43.9 Å². The molecular weight excluding hydrogens is 689 g/mol. The van der Waals surface area contributed by atoms with Crippen LogP contribution in [0.5, 0.6) is 0 Å². The number of amides is 2. The number of aliphatic imine (C=N–C) groups is 2. The first-order chi connectivity index (χ1) is 22.7. The second-order valence-corrected chi connectivity index (χ2v) is 12.1. The van der Waals surface area contributed by atoms with Crippen LogP contribution in [-0.4, -0.2) is 105 Å². The van der Waals surface area contributed by atoms with Gasteiger partial charge in [-0.2, -0.15) is 36.3 Å². The van der Waals surface area contributed by atoms with E-state index in [0.29, 0.717) is 63.2 Å². The highest BCUT2D eigenvalue weighted by Crippen LogP contribution is 2.23. The SMILES string of the molecule is O=C(N=C1N(CCCCCCCCN2CCN(Cc3ccc(Cl)nc3)C2=NC(=O)C(F)(F)F)CCN1Cc1ccc(Cl)nc1)C(F)(F)F. The molecule has 0 aromatic carbocycles. The summed E-state index contributed by atoms with van der Waals surface area (Å²) < 4.78 is 78.2. The van der Waals surface area contributed by atoms with Crippen molar-refractivity contribution in [3.8, 4) is 0 Å². The van der Waals surface area contributed by atoms with Gasteiger partial charge in [-0.3, -0.25) is 9.59 Å². The molecule has 0 saturated carbocycles. The standard InChI is InChI=1S/C30H34Cl2F6N8O2/c31-23-9-7-21(17-39-23)19-45-15-13-43(27(45)41-25(47)29(33,34)35)11-5-3-1-2-4-6-12-44-14-16-46(20-22-8-10-24(32)40-18-22)28(44)42-26(48)30(36,37)38/h7-10,17-18H,1-6,11-16,19-20H2. The van der Waals surface area contributed by atoms with E-state index in [2.05, 4.69) is 20.0 Å². The molecule has 0 N–H and O–H groups in total. The number of guanidine groups is 2. The van der Waals surface area contributed by atoms with Crippen molar-refractivity contribution in [3.05, 3.63) is 58.1 Å². The Morgan fingerprint density at radius 3 is 1.29 bits per heavy atom. The fraction of sp³-hybridized carbons (Fsp3) is 0.533. The maximum absolute atomic E-state index is 13.0. The molecule has 0 spiro atoms. The van der Waals surface area contributed by atoms with Crippen molar-refractivity contribution in [1.29, 1.82) is 0 Å². The van der Waals surface area contributed by atoms with Crippen molar-refractivity contribution >= 4 is 46.9 Å². The van der Waals surface area contributed by atoms with Crippen LogP contribution in [-0.2, 0) is 22.7 Å². The van der Waals surface area contributed by atoms with Crippen LogP contribution in [0.1, 0.15) is 49.7 Å². The monoisotopic (exact) mass is 722 g/mol. The minimum atomic E-state index is -5.09. The van der Waals surface area contributed by atoms with Crippen LogP contribution in [0.15, 0.2) is 46.6 Å². The lowest BCUT2D eigenvalue weighted by Crippen LogP contribution is -2.36. The number of aromatic nitrogens is 2.